The smallest absolute Gasteiger partial charge is 0.340 e. The minimum Gasteiger partial charge on any atom is -0.497 e. The predicted octanol–water partition coefficient (Wildman–Crippen LogP) is 3.04. The first-order valence-corrected chi connectivity index (χ1v) is 8.14. The number of nitrogens with zero attached hydrogens (tertiary/aromatic N) is 1. The molecule has 0 unspecified atom stereocenters. The number of carbonyl (C=O) groups excluding carboxylic acids is 1. The summed E-state index contributed by atoms with van der Waals surface area (Å²) in [6, 6.07) is 14.3. The Kier molecular flexibility index (Phi) is 5.12. The number of H-pyrrole nitrogens is 1. The molecule has 26 heavy (non-hydrogen) atoms. The topological polar surface area (TPSA) is 81.3 Å². The van der Waals surface area contributed by atoms with E-state index >= 15 is 0 Å². The van der Waals surface area contributed by atoms with Gasteiger partial charge in [0.1, 0.15) is 11.4 Å². The molecule has 0 aliphatic heterocycles. The van der Waals surface area contributed by atoms with Crippen LogP contribution in [0.25, 0.3) is 22.7 Å². The standard InChI is InChI=1S/C20H18N2O4/c1-3-26-20(24)15(12-13-8-10-14(25-2)11-9-13)18-19(23)22-17-7-5-4-6-16(17)21-18/h4-12H,3H2,1-2H3,(H,22,23)/b15-12-. The SMILES string of the molecule is CCOC(=O)/C(=C\c1ccc(OC)cc1)c1nc2ccccc2[nH]c1=O. The van der Waals surface area contributed by atoms with Gasteiger partial charge < -0.3 is 14.5 Å². The first kappa shape index (κ1) is 17.4. The van der Waals surface area contributed by atoms with E-state index in [0.717, 1.165) is 5.56 Å². The normalized spacial score (nSPS) is 11.4. The molecule has 0 bridgehead atoms. The third kappa shape index (κ3) is 3.64. The number of nitrogens with one attached hydrogen (secondary N) is 1. The van der Waals surface area contributed by atoms with Crippen molar-refractivity contribution in [2.45, 2.75) is 6.92 Å². The third-order valence-electron chi connectivity index (χ3n) is 3.78. The van der Waals surface area contributed by atoms with Gasteiger partial charge in [-0.05, 0) is 42.8 Å². The maximum atomic E-state index is 12.5. The summed E-state index contributed by atoms with van der Waals surface area (Å²) in [5.74, 6) is 0.0955. The van der Waals surface area contributed by atoms with E-state index < -0.39 is 11.5 Å². The molecule has 0 amide bonds. The van der Waals surface area contributed by atoms with E-state index in [2.05, 4.69) is 9.97 Å². The Morgan fingerprint density at radius 1 is 1.15 bits per heavy atom. The molecule has 3 aromatic rings. The number of para-hydroxylation sites is 2. The number of hydrogen-bond donors (Lipinski definition) is 1. The number of benzene rings is 2. The number of rotatable bonds is 5. The minimum absolute atomic E-state index is 0.0259. The quantitative estimate of drug-likeness (QED) is 0.565. The summed E-state index contributed by atoms with van der Waals surface area (Å²) in [6.07, 6.45) is 1.59. The van der Waals surface area contributed by atoms with Crippen molar-refractivity contribution in [3.8, 4) is 5.75 Å². The fraction of sp³-hybridized carbons (Fsp3) is 0.150. The maximum absolute atomic E-state index is 12.5. The molecule has 1 aromatic heterocycles. The van der Waals surface area contributed by atoms with Gasteiger partial charge in [0, 0.05) is 0 Å². The number of esters is 1. The van der Waals surface area contributed by atoms with Crippen molar-refractivity contribution in [3.63, 3.8) is 0 Å². The summed E-state index contributed by atoms with van der Waals surface area (Å²) in [7, 11) is 1.58. The van der Waals surface area contributed by atoms with E-state index in [-0.39, 0.29) is 17.9 Å². The van der Waals surface area contributed by atoms with Crippen LogP contribution in [0.3, 0.4) is 0 Å². The number of carbonyl (C=O) groups is 1. The second kappa shape index (κ2) is 7.65. The summed E-state index contributed by atoms with van der Waals surface area (Å²) in [5.41, 5.74) is 1.60. The molecule has 132 valence electrons. The van der Waals surface area contributed by atoms with Crippen LogP contribution in [0.4, 0.5) is 0 Å². The lowest BCUT2D eigenvalue weighted by atomic mass is 10.1. The van der Waals surface area contributed by atoms with Crippen molar-refractivity contribution >= 4 is 28.7 Å². The molecule has 2 aromatic carbocycles. The molecular formula is C20H18N2O4. The largest absolute Gasteiger partial charge is 0.497 e. The van der Waals surface area contributed by atoms with Crippen LogP contribution in [-0.2, 0) is 9.53 Å². The van der Waals surface area contributed by atoms with E-state index in [4.69, 9.17) is 9.47 Å². The lowest BCUT2D eigenvalue weighted by Crippen LogP contribution is -2.19. The highest BCUT2D eigenvalue weighted by Gasteiger charge is 2.19. The maximum Gasteiger partial charge on any atom is 0.340 e. The Labute approximate surface area is 150 Å². The number of ether oxygens (including phenoxy) is 2. The van der Waals surface area contributed by atoms with Crippen molar-refractivity contribution in [3.05, 3.63) is 70.1 Å². The molecule has 0 atom stereocenters. The van der Waals surface area contributed by atoms with Gasteiger partial charge in [0.25, 0.3) is 5.56 Å². The predicted molar refractivity (Wildman–Crippen MR) is 99.9 cm³/mol. The van der Waals surface area contributed by atoms with E-state index in [1.807, 2.05) is 6.07 Å². The van der Waals surface area contributed by atoms with Crippen LogP contribution < -0.4 is 10.3 Å². The molecule has 0 spiro atoms. The molecule has 6 nitrogen and oxygen atoms in total. The van der Waals surface area contributed by atoms with E-state index in [9.17, 15) is 9.59 Å². The van der Waals surface area contributed by atoms with Crippen LogP contribution in [0.2, 0.25) is 0 Å². The van der Waals surface area contributed by atoms with Crippen molar-refractivity contribution in [1.29, 1.82) is 0 Å². The molecule has 0 aliphatic rings. The van der Waals surface area contributed by atoms with Gasteiger partial charge in [-0.15, -0.1) is 0 Å². The second-order valence-electron chi connectivity index (χ2n) is 5.48. The van der Waals surface area contributed by atoms with Crippen LogP contribution >= 0.6 is 0 Å². The Bertz CT molecular complexity index is 1020. The van der Waals surface area contributed by atoms with Gasteiger partial charge in [-0.1, -0.05) is 24.3 Å². The second-order valence-corrected chi connectivity index (χ2v) is 5.48. The van der Waals surface area contributed by atoms with Gasteiger partial charge in [0.05, 0.1) is 30.3 Å². The highest BCUT2D eigenvalue weighted by atomic mass is 16.5. The first-order valence-electron chi connectivity index (χ1n) is 8.14. The summed E-state index contributed by atoms with van der Waals surface area (Å²) < 4.78 is 10.3. The monoisotopic (exact) mass is 350 g/mol. The number of aromatic nitrogens is 2. The highest BCUT2D eigenvalue weighted by molar-refractivity contribution is 6.21. The first-order chi connectivity index (χ1) is 12.6. The zero-order chi connectivity index (χ0) is 18.5. The van der Waals surface area contributed by atoms with Crippen LogP contribution in [0, 0.1) is 0 Å². The average Bonchev–Trinajstić information content (AvgIpc) is 2.66. The molecule has 0 aliphatic carbocycles. The highest BCUT2D eigenvalue weighted by Crippen LogP contribution is 2.19. The molecule has 0 radical (unpaired) electrons. The van der Waals surface area contributed by atoms with Crippen molar-refractivity contribution < 1.29 is 14.3 Å². The number of methoxy groups -OCH3 is 1. The van der Waals surface area contributed by atoms with E-state index in [1.165, 1.54) is 0 Å². The van der Waals surface area contributed by atoms with Crippen LogP contribution in [-0.4, -0.2) is 29.7 Å². The lowest BCUT2D eigenvalue weighted by molar-refractivity contribution is -0.136. The molecule has 0 fully saturated rings. The van der Waals surface area contributed by atoms with Crippen LogP contribution in [0.5, 0.6) is 5.75 Å². The number of fused-ring (bicyclic) bond motifs is 1. The van der Waals surface area contributed by atoms with Gasteiger partial charge in [-0.3, -0.25) is 4.79 Å². The Morgan fingerprint density at radius 2 is 1.88 bits per heavy atom. The molecular weight excluding hydrogens is 332 g/mol. The fourth-order valence-corrected chi connectivity index (χ4v) is 2.51. The molecule has 6 heteroatoms. The van der Waals surface area contributed by atoms with E-state index in [0.29, 0.717) is 16.8 Å². The molecule has 1 heterocycles. The average molecular weight is 350 g/mol. The van der Waals surface area contributed by atoms with E-state index in [1.54, 1.807) is 62.6 Å². The zero-order valence-corrected chi connectivity index (χ0v) is 14.5. The lowest BCUT2D eigenvalue weighted by Gasteiger charge is -2.08. The summed E-state index contributed by atoms with van der Waals surface area (Å²) in [5, 5.41) is 0. The summed E-state index contributed by atoms with van der Waals surface area (Å²) in [4.78, 5) is 32.1. The van der Waals surface area contributed by atoms with Gasteiger partial charge in [0.15, 0.2) is 0 Å². The van der Waals surface area contributed by atoms with Gasteiger partial charge in [-0.2, -0.15) is 0 Å². The Morgan fingerprint density at radius 3 is 2.58 bits per heavy atom. The zero-order valence-electron chi connectivity index (χ0n) is 14.5. The molecule has 3 rings (SSSR count). The van der Waals surface area contributed by atoms with Crippen LogP contribution in [0.1, 0.15) is 18.2 Å². The Hall–Kier alpha value is -3.41. The minimum atomic E-state index is -0.600. The third-order valence-corrected chi connectivity index (χ3v) is 3.78. The van der Waals surface area contributed by atoms with Crippen molar-refractivity contribution in [2.24, 2.45) is 0 Å². The summed E-state index contributed by atoms with van der Waals surface area (Å²) in [6.45, 7) is 1.91. The molecule has 1 N–H and O–H groups in total. The molecule has 0 saturated carbocycles. The van der Waals surface area contributed by atoms with Gasteiger partial charge in [0.2, 0.25) is 0 Å². The van der Waals surface area contributed by atoms with Crippen LogP contribution in [0.15, 0.2) is 53.3 Å². The Balaban J connectivity index is 2.14. The fourth-order valence-electron chi connectivity index (χ4n) is 2.51. The molecule has 0 saturated heterocycles. The number of hydrogen-bond acceptors (Lipinski definition) is 5. The summed E-state index contributed by atoms with van der Waals surface area (Å²) >= 11 is 0. The van der Waals surface area contributed by atoms with Gasteiger partial charge >= 0.3 is 5.97 Å². The van der Waals surface area contributed by atoms with Crippen molar-refractivity contribution in [2.75, 3.05) is 13.7 Å². The number of aromatic amines is 1. The van der Waals surface area contributed by atoms with Gasteiger partial charge in [-0.25, -0.2) is 9.78 Å². The van der Waals surface area contributed by atoms with Crippen molar-refractivity contribution in [1.82, 2.24) is 9.97 Å².